The first-order chi connectivity index (χ1) is 35.4. The molecule has 0 aromatic heterocycles. The third kappa shape index (κ3) is 13.3. The second-order valence-electron chi connectivity index (χ2n) is 18.8. The van der Waals surface area contributed by atoms with Gasteiger partial charge in [-0.1, -0.05) is 0 Å². The highest BCUT2D eigenvalue weighted by atomic mass is 16.8. The standard InChI is InChI=1S/C39H66N6O30/c46-13-7-1-40-37(64)41-2-8-14(47)20(53)27(60)33(68-8)74-34-28(61)22(55)16(49)10(70-34)4-44-39(66)45-6-12-18(51)24(57)30(63)36(72-12)75-35-29(62)23(56)17(50)11(71-35)5-43-38(65)42-3-9-15(48)21(54)26(59)32(69-9)73-31(67-7)25(58)19(13)52/h7-36,46-63H,1-6H2,(H2,40,41,64)(H2,42,43,65)(H2,44,45,66)/t7-,8-,9-,10-,11-,12-,13-,14-,15-,16-,17-,18-,19+,20+,21+,22+,23+,24+,25-,26-,27-,28-,29-,30-,31-,32-,33-,34-,35-,36-/m1/s1. The average molecular weight is 1100 g/mol. The van der Waals surface area contributed by atoms with Crippen molar-refractivity contribution in [1.29, 1.82) is 0 Å². The number of carbonyl (C=O) groups is 3. The quantitative estimate of drug-likeness (QED) is 0.107. The van der Waals surface area contributed by atoms with E-state index in [0.29, 0.717) is 0 Å². The molecule has 7 fully saturated rings. The van der Waals surface area contributed by atoms with Crippen molar-refractivity contribution in [1.82, 2.24) is 31.9 Å². The Kier molecular flexibility index (Phi) is 20.0. The first-order valence-electron chi connectivity index (χ1n) is 23.6. The number of fused-ring (bicyclic) bond motifs is 12. The van der Waals surface area contributed by atoms with Crippen LogP contribution in [0.25, 0.3) is 0 Å². The minimum atomic E-state index is -2.09. The maximum absolute atomic E-state index is 12.9. The summed E-state index contributed by atoms with van der Waals surface area (Å²) in [5.41, 5.74) is 0. The monoisotopic (exact) mass is 1100 g/mol. The van der Waals surface area contributed by atoms with Gasteiger partial charge in [0.1, 0.15) is 146 Å². The normalized spacial score (nSPS) is 51.5. The molecular formula is C39H66N6O30. The van der Waals surface area contributed by atoms with Crippen molar-refractivity contribution in [3.8, 4) is 0 Å². The summed E-state index contributed by atoms with van der Waals surface area (Å²) < 4.78 is 49.9. The van der Waals surface area contributed by atoms with Crippen LogP contribution in [-0.4, -0.2) is 334 Å². The van der Waals surface area contributed by atoms with Crippen LogP contribution in [0.1, 0.15) is 0 Å². The summed E-state index contributed by atoms with van der Waals surface area (Å²) >= 11 is 0. The largest absolute Gasteiger partial charge is 0.388 e. The van der Waals surface area contributed by atoms with Crippen molar-refractivity contribution >= 4 is 18.1 Å². The molecule has 12 bridgehead atoms. The molecule has 7 heterocycles. The van der Waals surface area contributed by atoms with Gasteiger partial charge in [-0.05, 0) is 0 Å². The fraction of sp³-hybridized carbons (Fsp3) is 0.923. The van der Waals surface area contributed by atoms with E-state index < -0.39 is 242 Å². The Labute approximate surface area is 422 Å². The molecular weight excluding hydrogens is 1030 g/mol. The van der Waals surface area contributed by atoms with Crippen LogP contribution in [0.4, 0.5) is 14.4 Å². The van der Waals surface area contributed by atoms with E-state index >= 15 is 0 Å². The van der Waals surface area contributed by atoms with Crippen LogP contribution in [0.15, 0.2) is 0 Å². The molecule has 0 saturated carbocycles. The first kappa shape index (κ1) is 59.4. The Balaban J connectivity index is 1.07. The molecule has 75 heavy (non-hydrogen) atoms. The fourth-order valence-electron chi connectivity index (χ4n) is 8.93. The molecule has 30 atom stereocenters. The van der Waals surface area contributed by atoms with Gasteiger partial charge in [0.25, 0.3) is 0 Å². The lowest BCUT2D eigenvalue weighted by molar-refractivity contribution is -0.372. The number of carbonyl (C=O) groups excluding carboxylic acids is 3. The van der Waals surface area contributed by atoms with Gasteiger partial charge in [0, 0.05) is 39.3 Å². The molecule has 24 N–H and O–H groups in total. The molecule has 6 amide bonds. The van der Waals surface area contributed by atoms with E-state index in [4.69, 9.17) is 42.6 Å². The smallest absolute Gasteiger partial charge is 0.314 e. The maximum Gasteiger partial charge on any atom is 0.314 e. The number of hydrogen-bond donors (Lipinski definition) is 24. The highest BCUT2D eigenvalue weighted by Gasteiger charge is 2.54. The van der Waals surface area contributed by atoms with E-state index in [1.807, 2.05) is 0 Å². The summed E-state index contributed by atoms with van der Waals surface area (Å²) in [5, 5.41) is 206. The molecule has 0 aromatic carbocycles. The molecule has 7 saturated heterocycles. The van der Waals surface area contributed by atoms with Crippen LogP contribution < -0.4 is 31.9 Å². The minimum absolute atomic E-state index is 0.667. The van der Waals surface area contributed by atoms with Gasteiger partial charge in [-0.3, -0.25) is 0 Å². The van der Waals surface area contributed by atoms with E-state index in [-0.39, 0.29) is 0 Å². The lowest BCUT2D eigenvalue weighted by atomic mass is 9.97. The van der Waals surface area contributed by atoms with Gasteiger partial charge in [-0.15, -0.1) is 0 Å². The molecule has 0 aliphatic carbocycles. The topological polar surface area (TPSA) is 571 Å². The van der Waals surface area contributed by atoms with E-state index in [1.165, 1.54) is 0 Å². The van der Waals surface area contributed by atoms with E-state index in [2.05, 4.69) is 31.9 Å². The summed E-state index contributed by atoms with van der Waals surface area (Å²) in [6, 6.07) is -3.23. The van der Waals surface area contributed by atoms with Crippen molar-refractivity contribution in [2.24, 2.45) is 0 Å². The number of aliphatic hydroxyl groups is 18. The first-order valence-corrected chi connectivity index (χ1v) is 23.6. The van der Waals surface area contributed by atoms with E-state index in [1.54, 1.807) is 0 Å². The number of amides is 6. The second-order valence-corrected chi connectivity index (χ2v) is 18.8. The van der Waals surface area contributed by atoms with Gasteiger partial charge < -0.3 is 166 Å². The SMILES string of the molecule is O=C1NC[C@H]2O[C@H](O[C@H]3O[C@H](CNC(=O)NC[C@H]4O[C@H](O[C@H]5O[C@H](CNC(=O)NC[C@H]6O[C@H](O[C@H]7O[C@H](CN1)[C@@H](O)[C@H](O)[C@H]7O)[C@H](O)[C@@H](O)[C@@H]6O)[C@@H](O)[C@H](O)[C@H]5O)[C@H](O)[C@@H](O)[C@@H]4O)[C@@H](O)[C@H](O)[C@H]3O)[C@H](O)[C@@H](O)[C@@H]2O. The lowest BCUT2D eigenvalue weighted by Crippen LogP contribution is -2.66. The second kappa shape index (κ2) is 25.2. The van der Waals surface area contributed by atoms with Crippen LogP contribution >= 0.6 is 0 Å². The molecule has 7 aliphatic heterocycles. The van der Waals surface area contributed by atoms with Crippen LogP contribution in [0, 0.1) is 0 Å². The van der Waals surface area contributed by atoms with Crippen molar-refractivity contribution in [3.05, 3.63) is 0 Å². The number of ether oxygens (including phenoxy) is 9. The summed E-state index contributed by atoms with van der Waals surface area (Å²) in [6.07, 6.45) is -58.1. The number of aliphatic hydroxyl groups excluding tert-OH is 18. The summed E-state index contributed by atoms with van der Waals surface area (Å²) in [6.45, 7) is -4.00. The summed E-state index contributed by atoms with van der Waals surface area (Å²) in [5.74, 6) is 0. The van der Waals surface area contributed by atoms with Gasteiger partial charge >= 0.3 is 18.1 Å². The zero-order chi connectivity index (χ0) is 54.9. The van der Waals surface area contributed by atoms with Crippen molar-refractivity contribution in [3.63, 3.8) is 0 Å². The Morgan fingerprint density at radius 2 is 0.347 bits per heavy atom. The molecule has 0 unspecified atom stereocenters. The fourth-order valence-corrected chi connectivity index (χ4v) is 8.93. The molecule has 432 valence electrons. The lowest BCUT2D eigenvalue weighted by Gasteiger charge is -2.45. The summed E-state index contributed by atoms with van der Waals surface area (Å²) in [4.78, 5) is 38.8. The Bertz CT molecular complexity index is 1570. The van der Waals surface area contributed by atoms with Gasteiger partial charge in [-0.2, -0.15) is 0 Å². The number of hydrogen-bond acceptors (Lipinski definition) is 30. The van der Waals surface area contributed by atoms with Gasteiger partial charge in [-0.25, -0.2) is 14.4 Å². The predicted molar refractivity (Wildman–Crippen MR) is 228 cm³/mol. The highest BCUT2D eigenvalue weighted by Crippen LogP contribution is 2.32. The van der Waals surface area contributed by atoms with Gasteiger partial charge in [0.15, 0.2) is 37.7 Å². The average Bonchev–Trinajstić information content (AvgIpc) is 3.38. The third-order valence-electron chi connectivity index (χ3n) is 13.6. The van der Waals surface area contributed by atoms with Crippen LogP contribution in [0.3, 0.4) is 0 Å². The Hall–Kier alpha value is -3.27. The van der Waals surface area contributed by atoms with E-state index in [0.717, 1.165) is 0 Å². The molecule has 7 aliphatic rings. The van der Waals surface area contributed by atoms with Crippen LogP contribution in [-0.2, 0) is 42.6 Å². The minimum Gasteiger partial charge on any atom is -0.388 e. The third-order valence-corrected chi connectivity index (χ3v) is 13.6. The number of rotatable bonds is 0. The number of nitrogens with one attached hydrogen (secondary N) is 6. The predicted octanol–water partition coefficient (Wildman–Crippen LogP) is -15.2. The highest BCUT2D eigenvalue weighted by molar-refractivity contribution is 5.74. The molecule has 0 radical (unpaired) electrons. The molecule has 36 nitrogen and oxygen atoms in total. The zero-order valence-electron chi connectivity index (χ0n) is 39.0. The summed E-state index contributed by atoms with van der Waals surface area (Å²) in [7, 11) is 0. The molecule has 7 rings (SSSR count). The van der Waals surface area contributed by atoms with E-state index in [9.17, 15) is 106 Å². The number of urea groups is 3. The molecule has 36 heteroatoms. The van der Waals surface area contributed by atoms with Crippen molar-refractivity contribution in [2.45, 2.75) is 184 Å². The van der Waals surface area contributed by atoms with Gasteiger partial charge in [0.05, 0.1) is 0 Å². The van der Waals surface area contributed by atoms with Gasteiger partial charge in [0.2, 0.25) is 0 Å². The maximum atomic E-state index is 12.9. The molecule has 0 spiro atoms. The zero-order valence-corrected chi connectivity index (χ0v) is 39.0. The van der Waals surface area contributed by atoms with Crippen LogP contribution in [0.2, 0.25) is 0 Å². The van der Waals surface area contributed by atoms with Crippen molar-refractivity contribution in [2.75, 3.05) is 39.3 Å². The Morgan fingerprint density at radius 3 is 0.480 bits per heavy atom. The van der Waals surface area contributed by atoms with Crippen molar-refractivity contribution < 1.29 is 149 Å². The Morgan fingerprint density at radius 1 is 0.213 bits per heavy atom. The van der Waals surface area contributed by atoms with Crippen LogP contribution in [0.5, 0.6) is 0 Å². The molecule has 0 aromatic rings.